The topological polar surface area (TPSA) is 51.0 Å². The van der Waals surface area contributed by atoms with Crippen molar-refractivity contribution in [3.05, 3.63) is 35.2 Å². The van der Waals surface area contributed by atoms with E-state index in [9.17, 15) is 0 Å². The average Bonchev–Trinajstić information content (AvgIpc) is 2.70. The second kappa shape index (κ2) is 4.72. The molecule has 1 aromatic heterocycles. The average molecular weight is 258 g/mol. The zero-order valence-electron chi connectivity index (χ0n) is 8.45. The number of hydrogen-bond acceptors (Lipinski definition) is 4. The predicted octanol–water partition coefficient (Wildman–Crippen LogP) is 3.77. The Morgan fingerprint density at radius 1 is 1.25 bits per heavy atom. The van der Waals surface area contributed by atoms with E-state index in [-0.39, 0.29) is 5.38 Å². The Hall–Kier alpha value is -1.26. The summed E-state index contributed by atoms with van der Waals surface area (Å²) in [5, 5.41) is 10.9. The molecule has 0 aliphatic carbocycles. The van der Waals surface area contributed by atoms with Gasteiger partial charge >= 0.3 is 6.01 Å². The molecule has 0 saturated carbocycles. The minimum atomic E-state index is -0.298. The van der Waals surface area contributed by atoms with Crippen LogP contribution in [0.1, 0.15) is 18.2 Å². The van der Waals surface area contributed by atoms with Gasteiger partial charge in [-0.2, -0.15) is 0 Å². The van der Waals surface area contributed by atoms with Gasteiger partial charge in [-0.3, -0.25) is 0 Å². The van der Waals surface area contributed by atoms with Crippen LogP contribution >= 0.6 is 23.2 Å². The number of halogens is 2. The minimum absolute atomic E-state index is 0.298. The Balaban J connectivity index is 2.11. The van der Waals surface area contributed by atoms with Gasteiger partial charge in [-0.15, -0.1) is 16.7 Å². The number of hydrogen-bond donors (Lipinski definition) is 1. The van der Waals surface area contributed by atoms with E-state index < -0.39 is 0 Å². The van der Waals surface area contributed by atoms with Crippen LogP contribution in [0.4, 0.5) is 11.7 Å². The number of rotatable bonds is 3. The molecular weight excluding hydrogens is 249 g/mol. The lowest BCUT2D eigenvalue weighted by molar-refractivity contribution is 0.510. The number of anilines is 2. The van der Waals surface area contributed by atoms with Crippen LogP contribution in [0.15, 0.2) is 28.7 Å². The van der Waals surface area contributed by atoms with Gasteiger partial charge in [0, 0.05) is 10.7 Å². The lowest BCUT2D eigenvalue weighted by Crippen LogP contribution is -1.89. The largest absolute Gasteiger partial charge is 0.406 e. The van der Waals surface area contributed by atoms with E-state index in [2.05, 4.69) is 15.5 Å². The third-order valence-electron chi connectivity index (χ3n) is 1.88. The molecule has 0 bridgehead atoms. The van der Waals surface area contributed by atoms with Crippen LogP contribution in [0.3, 0.4) is 0 Å². The monoisotopic (exact) mass is 257 g/mol. The fourth-order valence-corrected chi connectivity index (χ4v) is 1.32. The maximum absolute atomic E-state index is 5.80. The second-order valence-electron chi connectivity index (χ2n) is 3.19. The lowest BCUT2D eigenvalue weighted by Gasteiger charge is -2.00. The molecule has 0 radical (unpaired) electrons. The molecule has 0 saturated heterocycles. The van der Waals surface area contributed by atoms with Crippen molar-refractivity contribution < 1.29 is 4.42 Å². The zero-order valence-corrected chi connectivity index (χ0v) is 9.96. The molecule has 1 N–H and O–H groups in total. The predicted molar refractivity (Wildman–Crippen MR) is 63.3 cm³/mol. The number of nitrogens with zero attached hydrogens (tertiary/aromatic N) is 2. The summed E-state index contributed by atoms with van der Waals surface area (Å²) in [5.41, 5.74) is 0.821. The van der Waals surface area contributed by atoms with Gasteiger partial charge in [0.15, 0.2) is 0 Å². The van der Waals surface area contributed by atoms with Crippen LogP contribution in [-0.2, 0) is 0 Å². The summed E-state index contributed by atoms with van der Waals surface area (Å²) in [6, 6.07) is 7.48. The molecule has 1 unspecified atom stereocenters. The number of benzene rings is 1. The molecule has 1 aromatic carbocycles. The van der Waals surface area contributed by atoms with Crippen LogP contribution < -0.4 is 5.32 Å². The van der Waals surface area contributed by atoms with E-state index in [1.165, 1.54) is 0 Å². The van der Waals surface area contributed by atoms with Crippen molar-refractivity contribution >= 4 is 34.9 Å². The quantitative estimate of drug-likeness (QED) is 0.851. The maximum atomic E-state index is 5.80. The van der Waals surface area contributed by atoms with Gasteiger partial charge in [-0.05, 0) is 31.2 Å². The van der Waals surface area contributed by atoms with Crippen molar-refractivity contribution in [3.8, 4) is 0 Å². The molecule has 0 spiro atoms. The minimum Gasteiger partial charge on any atom is -0.406 e. The van der Waals surface area contributed by atoms with Gasteiger partial charge in [-0.25, -0.2) is 0 Å². The molecule has 84 valence electrons. The molecule has 4 nitrogen and oxygen atoms in total. The Kier molecular flexibility index (Phi) is 3.31. The van der Waals surface area contributed by atoms with Crippen molar-refractivity contribution in [2.45, 2.75) is 12.3 Å². The zero-order chi connectivity index (χ0) is 11.5. The molecule has 16 heavy (non-hydrogen) atoms. The highest BCUT2D eigenvalue weighted by atomic mass is 35.5. The van der Waals surface area contributed by atoms with E-state index in [1.807, 2.05) is 12.1 Å². The fraction of sp³-hybridized carbons (Fsp3) is 0.200. The summed E-state index contributed by atoms with van der Waals surface area (Å²) in [7, 11) is 0. The third-order valence-corrected chi connectivity index (χ3v) is 2.32. The van der Waals surface area contributed by atoms with E-state index in [0.717, 1.165) is 5.69 Å². The molecule has 2 rings (SSSR count). The highest BCUT2D eigenvalue weighted by Gasteiger charge is 2.10. The summed E-state index contributed by atoms with van der Waals surface area (Å²) >= 11 is 11.6. The first-order valence-electron chi connectivity index (χ1n) is 4.65. The molecular formula is C10H9Cl2N3O. The SMILES string of the molecule is CC(Cl)c1nnc(Nc2ccc(Cl)cc2)o1. The number of alkyl halides is 1. The molecule has 2 aromatic rings. The molecule has 0 aliphatic heterocycles. The van der Waals surface area contributed by atoms with Gasteiger partial charge < -0.3 is 9.73 Å². The Bertz CT molecular complexity index is 467. The van der Waals surface area contributed by atoms with E-state index in [0.29, 0.717) is 16.9 Å². The van der Waals surface area contributed by atoms with Crippen molar-refractivity contribution in [2.75, 3.05) is 5.32 Å². The molecule has 1 heterocycles. The molecule has 6 heteroatoms. The van der Waals surface area contributed by atoms with Crippen LogP contribution in [0.25, 0.3) is 0 Å². The molecule has 0 fully saturated rings. The van der Waals surface area contributed by atoms with Crippen molar-refractivity contribution in [1.82, 2.24) is 10.2 Å². The highest BCUT2D eigenvalue weighted by molar-refractivity contribution is 6.30. The number of aromatic nitrogens is 2. The van der Waals surface area contributed by atoms with Crippen LogP contribution in [0, 0.1) is 0 Å². The Morgan fingerprint density at radius 2 is 1.94 bits per heavy atom. The first-order chi connectivity index (χ1) is 7.65. The second-order valence-corrected chi connectivity index (χ2v) is 4.28. The first kappa shape index (κ1) is 11.2. The standard InChI is InChI=1S/C10H9Cl2N3O/c1-6(11)9-14-15-10(16-9)13-8-4-2-7(12)3-5-8/h2-6H,1H3,(H,13,15). The maximum Gasteiger partial charge on any atom is 0.320 e. The summed E-state index contributed by atoms with van der Waals surface area (Å²) in [4.78, 5) is 0. The van der Waals surface area contributed by atoms with E-state index >= 15 is 0 Å². The lowest BCUT2D eigenvalue weighted by atomic mass is 10.3. The van der Waals surface area contributed by atoms with Gasteiger partial charge in [0.25, 0.3) is 0 Å². The Labute approximate surface area is 103 Å². The van der Waals surface area contributed by atoms with E-state index in [1.54, 1.807) is 19.1 Å². The highest BCUT2D eigenvalue weighted by Crippen LogP contribution is 2.22. The molecule has 0 aliphatic rings. The van der Waals surface area contributed by atoms with Crippen molar-refractivity contribution in [3.63, 3.8) is 0 Å². The van der Waals surface area contributed by atoms with Crippen LogP contribution in [-0.4, -0.2) is 10.2 Å². The molecule has 0 amide bonds. The summed E-state index contributed by atoms with van der Waals surface area (Å²) in [6.07, 6.45) is 0. The van der Waals surface area contributed by atoms with E-state index in [4.69, 9.17) is 27.6 Å². The smallest absolute Gasteiger partial charge is 0.320 e. The van der Waals surface area contributed by atoms with Gasteiger partial charge in [0.05, 0.1) is 0 Å². The number of nitrogens with one attached hydrogen (secondary N) is 1. The van der Waals surface area contributed by atoms with Crippen molar-refractivity contribution in [2.24, 2.45) is 0 Å². The summed E-state index contributed by atoms with van der Waals surface area (Å²) in [5.74, 6) is 0.387. The summed E-state index contributed by atoms with van der Waals surface area (Å²) in [6.45, 7) is 1.77. The summed E-state index contributed by atoms with van der Waals surface area (Å²) < 4.78 is 5.28. The normalized spacial score (nSPS) is 12.4. The van der Waals surface area contributed by atoms with Crippen LogP contribution in [0.2, 0.25) is 5.02 Å². The van der Waals surface area contributed by atoms with Gasteiger partial charge in [-0.1, -0.05) is 16.7 Å². The van der Waals surface area contributed by atoms with Gasteiger partial charge in [0.1, 0.15) is 5.38 Å². The Morgan fingerprint density at radius 3 is 2.50 bits per heavy atom. The third kappa shape index (κ3) is 2.65. The molecule has 1 atom stereocenters. The van der Waals surface area contributed by atoms with Crippen molar-refractivity contribution in [1.29, 1.82) is 0 Å². The van der Waals surface area contributed by atoms with Crippen LogP contribution in [0.5, 0.6) is 0 Å². The van der Waals surface area contributed by atoms with Gasteiger partial charge in [0.2, 0.25) is 5.89 Å². The fourth-order valence-electron chi connectivity index (χ4n) is 1.10. The first-order valence-corrected chi connectivity index (χ1v) is 5.46.